The molecule has 0 saturated carbocycles. The minimum atomic E-state index is -0.290. The van der Waals surface area contributed by atoms with Crippen LogP contribution < -0.4 is 4.74 Å². The second kappa shape index (κ2) is 9.06. The van der Waals surface area contributed by atoms with Crippen molar-refractivity contribution >= 4 is 11.4 Å². The molecule has 1 fully saturated rings. The fraction of sp³-hybridized carbons (Fsp3) is 0.259. The van der Waals surface area contributed by atoms with Gasteiger partial charge in [0.1, 0.15) is 17.4 Å². The molecule has 0 bridgehead atoms. The number of rotatable bonds is 5. The Bertz CT molecular complexity index is 1280. The molecule has 168 valence electrons. The molecule has 1 aliphatic rings. The van der Waals surface area contributed by atoms with E-state index in [1.165, 1.54) is 12.1 Å². The van der Waals surface area contributed by atoms with E-state index in [2.05, 4.69) is 10.5 Å². The van der Waals surface area contributed by atoms with Crippen LogP contribution in [0.2, 0.25) is 0 Å². The van der Waals surface area contributed by atoms with Gasteiger partial charge in [-0.3, -0.25) is 4.79 Å². The summed E-state index contributed by atoms with van der Waals surface area (Å²) in [5.41, 5.74) is 3.79. The van der Waals surface area contributed by atoms with Gasteiger partial charge in [-0.2, -0.15) is 0 Å². The summed E-state index contributed by atoms with van der Waals surface area (Å²) in [6, 6.07) is 20.2. The molecule has 2 aromatic heterocycles. The molecule has 4 aromatic rings. The molecule has 33 heavy (non-hydrogen) atoms. The van der Waals surface area contributed by atoms with Crippen LogP contribution in [0.15, 0.2) is 72.9 Å². The monoisotopic (exact) mass is 443 g/mol. The van der Waals surface area contributed by atoms with Gasteiger partial charge in [-0.25, -0.2) is 9.37 Å². The molecular weight excluding hydrogens is 417 g/mol. The Kier molecular flexibility index (Phi) is 5.82. The Morgan fingerprint density at radius 2 is 1.97 bits per heavy atom. The molecule has 5 nitrogen and oxygen atoms in total. The number of ether oxygens (including phenoxy) is 1. The van der Waals surface area contributed by atoms with E-state index in [1.807, 2.05) is 47.5 Å². The van der Waals surface area contributed by atoms with Gasteiger partial charge >= 0.3 is 0 Å². The Morgan fingerprint density at radius 1 is 1.12 bits per heavy atom. The molecule has 1 amide bonds. The van der Waals surface area contributed by atoms with Crippen LogP contribution in [-0.4, -0.2) is 40.4 Å². The Hall–Kier alpha value is -3.67. The number of halogens is 1. The fourth-order valence-corrected chi connectivity index (χ4v) is 4.64. The molecule has 1 unspecified atom stereocenters. The average Bonchev–Trinajstić information content (AvgIpc) is 3.25. The normalized spacial score (nSPS) is 16.2. The first-order chi connectivity index (χ1) is 16.1. The van der Waals surface area contributed by atoms with Gasteiger partial charge in [0.05, 0.1) is 24.7 Å². The highest BCUT2D eigenvalue weighted by Crippen LogP contribution is 2.33. The number of likely N-dealkylation sites (tertiary alicyclic amines) is 1. The molecule has 5 rings (SSSR count). The Balaban J connectivity index is 1.43. The van der Waals surface area contributed by atoms with Crippen LogP contribution in [0.3, 0.4) is 0 Å². The number of amides is 1. The molecule has 0 spiro atoms. The van der Waals surface area contributed by atoms with E-state index in [0.717, 1.165) is 53.3 Å². The lowest BCUT2D eigenvalue weighted by molar-refractivity contribution is -0.131. The van der Waals surface area contributed by atoms with E-state index in [4.69, 9.17) is 9.72 Å². The molecule has 1 aliphatic heterocycles. The van der Waals surface area contributed by atoms with Gasteiger partial charge in [-0.1, -0.05) is 30.3 Å². The van der Waals surface area contributed by atoms with Crippen molar-refractivity contribution in [1.82, 2.24) is 14.3 Å². The van der Waals surface area contributed by atoms with Crippen LogP contribution >= 0.6 is 0 Å². The minimum Gasteiger partial charge on any atom is -0.497 e. The number of hydrogen-bond acceptors (Lipinski definition) is 3. The summed E-state index contributed by atoms with van der Waals surface area (Å²) < 4.78 is 20.8. The topological polar surface area (TPSA) is 46.8 Å². The van der Waals surface area contributed by atoms with Crippen molar-refractivity contribution in [3.63, 3.8) is 0 Å². The van der Waals surface area contributed by atoms with Crippen molar-refractivity contribution in [2.45, 2.75) is 25.2 Å². The number of imidazole rings is 1. The van der Waals surface area contributed by atoms with Crippen molar-refractivity contribution in [2.24, 2.45) is 0 Å². The molecule has 3 heterocycles. The van der Waals surface area contributed by atoms with E-state index in [1.54, 1.807) is 19.2 Å². The summed E-state index contributed by atoms with van der Waals surface area (Å²) in [7, 11) is 1.66. The van der Waals surface area contributed by atoms with Crippen LogP contribution in [0, 0.1) is 5.82 Å². The van der Waals surface area contributed by atoms with Crippen LogP contribution in [0.1, 0.15) is 30.1 Å². The number of carbonyl (C=O) groups is 1. The number of benzene rings is 2. The van der Waals surface area contributed by atoms with Gasteiger partial charge in [-0.15, -0.1) is 0 Å². The maximum Gasteiger partial charge on any atom is 0.227 e. The minimum absolute atomic E-state index is 0.0696. The number of nitrogens with zero attached hydrogens (tertiary/aromatic N) is 3. The highest BCUT2D eigenvalue weighted by Gasteiger charge is 2.28. The van der Waals surface area contributed by atoms with Gasteiger partial charge in [0.15, 0.2) is 0 Å². The number of aromatic nitrogens is 2. The second-order valence-corrected chi connectivity index (χ2v) is 8.49. The third-order valence-corrected chi connectivity index (χ3v) is 6.33. The molecule has 1 saturated heterocycles. The van der Waals surface area contributed by atoms with Crippen molar-refractivity contribution in [2.75, 3.05) is 20.2 Å². The average molecular weight is 444 g/mol. The lowest BCUT2D eigenvalue weighted by Gasteiger charge is -2.32. The highest BCUT2D eigenvalue weighted by molar-refractivity contribution is 5.80. The van der Waals surface area contributed by atoms with E-state index in [9.17, 15) is 9.18 Å². The SMILES string of the molecule is COc1cccc(-c2nc(C3CCCN(C(=O)Cc4ccc(F)cc4)C3)n3ccccc23)c1. The zero-order valence-corrected chi connectivity index (χ0v) is 18.6. The van der Waals surface area contributed by atoms with Gasteiger partial charge in [-0.05, 0) is 54.8 Å². The molecule has 0 radical (unpaired) electrons. The summed E-state index contributed by atoms with van der Waals surface area (Å²) in [4.78, 5) is 20.0. The van der Waals surface area contributed by atoms with Crippen molar-refractivity contribution in [3.8, 4) is 17.0 Å². The molecule has 0 N–H and O–H groups in total. The van der Waals surface area contributed by atoms with Gasteiger partial charge in [0, 0.05) is 30.8 Å². The van der Waals surface area contributed by atoms with Gasteiger partial charge < -0.3 is 14.0 Å². The smallest absolute Gasteiger partial charge is 0.227 e. The number of fused-ring (bicyclic) bond motifs is 1. The molecular formula is C27H26FN3O2. The quantitative estimate of drug-likeness (QED) is 0.431. The molecule has 2 aromatic carbocycles. The zero-order valence-electron chi connectivity index (χ0n) is 18.6. The van der Waals surface area contributed by atoms with E-state index in [-0.39, 0.29) is 24.1 Å². The summed E-state index contributed by atoms with van der Waals surface area (Å²) in [5, 5.41) is 0. The maximum absolute atomic E-state index is 13.2. The third-order valence-electron chi connectivity index (χ3n) is 6.33. The van der Waals surface area contributed by atoms with Crippen molar-refractivity contribution in [1.29, 1.82) is 0 Å². The summed E-state index contributed by atoms with van der Waals surface area (Å²) in [6.45, 7) is 1.37. The predicted octanol–water partition coefficient (Wildman–Crippen LogP) is 5.10. The highest BCUT2D eigenvalue weighted by atomic mass is 19.1. The van der Waals surface area contributed by atoms with Crippen molar-refractivity contribution < 1.29 is 13.9 Å². The number of hydrogen-bond donors (Lipinski definition) is 0. The first-order valence-electron chi connectivity index (χ1n) is 11.3. The van der Waals surface area contributed by atoms with E-state index >= 15 is 0 Å². The van der Waals surface area contributed by atoms with Crippen LogP contribution in [0.25, 0.3) is 16.8 Å². The largest absolute Gasteiger partial charge is 0.497 e. The van der Waals surface area contributed by atoms with Crippen LogP contribution in [0.5, 0.6) is 5.75 Å². The zero-order chi connectivity index (χ0) is 22.8. The standard InChI is InChI=1S/C27H26FN3O2/c1-33-23-8-4-6-20(17-23)26-24-9-2-3-15-31(24)27(29-26)21-7-5-14-30(18-21)25(32)16-19-10-12-22(28)13-11-19/h2-4,6,8-13,15,17,21H,5,7,14,16,18H2,1H3. The summed E-state index contributed by atoms with van der Waals surface area (Å²) >= 11 is 0. The van der Waals surface area contributed by atoms with Gasteiger partial charge in [0.25, 0.3) is 0 Å². The van der Waals surface area contributed by atoms with Crippen LogP contribution in [-0.2, 0) is 11.2 Å². The maximum atomic E-state index is 13.2. The second-order valence-electron chi connectivity index (χ2n) is 8.49. The fourth-order valence-electron chi connectivity index (χ4n) is 4.64. The predicted molar refractivity (Wildman–Crippen MR) is 126 cm³/mol. The lowest BCUT2D eigenvalue weighted by Crippen LogP contribution is -2.40. The number of pyridine rings is 1. The first-order valence-corrected chi connectivity index (χ1v) is 11.3. The van der Waals surface area contributed by atoms with E-state index < -0.39 is 0 Å². The first kappa shape index (κ1) is 21.2. The Morgan fingerprint density at radius 3 is 2.79 bits per heavy atom. The molecule has 1 atom stereocenters. The molecule has 0 aliphatic carbocycles. The lowest BCUT2D eigenvalue weighted by atomic mass is 9.96. The van der Waals surface area contributed by atoms with Crippen LogP contribution in [0.4, 0.5) is 4.39 Å². The van der Waals surface area contributed by atoms with Gasteiger partial charge in [0.2, 0.25) is 5.91 Å². The number of methoxy groups -OCH3 is 1. The molecule has 6 heteroatoms. The third kappa shape index (κ3) is 4.33. The Labute approximate surface area is 192 Å². The number of carbonyl (C=O) groups excluding carboxylic acids is 1. The van der Waals surface area contributed by atoms with E-state index in [0.29, 0.717) is 6.54 Å². The summed E-state index contributed by atoms with van der Waals surface area (Å²) in [6.07, 6.45) is 4.23. The number of piperidine rings is 1. The van der Waals surface area contributed by atoms with Crippen molar-refractivity contribution in [3.05, 3.63) is 90.1 Å². The summed E-state index contributed by atoms with van der Waals surface area (Å²) in [5.74, 6) is 1.69.